The van der Waals surface area contributed by atoms with Crippen LogP contribution in [0.4, 0.5) is 26.7 Å². The first-order chi connectivity index (χ1) is 30.7. The maximum atomic E-state index is 14.5. The second-order valence-electron chi connectivity index (χ2n) is 15.1. The van der Waals surface area contributed by atoms with E-state index in [2.05, 4.69) is 20.9 Å². The van der Waals surface area contributed by atoms with Gasteiger partial charge in [-0.15, -0.1) is 0 Å². The van der Waals surface area contributed by atoms with Gasteiger partial charge in [-0.2, -0.15) is 10.0 Å². The SMILES string of the molecule is O=C(CCN1CCC(OC(=O)N(c2ccccc2-c2ccccc2)N(C(=O)O)c2ccccc2-c2ccccc2)CC1)Nc1cccc(C(=O)NCCNCc2ccc(O)cc2)c1. The Bertz CT molecular complexity index is 2480. The average Bonchev–Trinajstić information content (AvgIpc) is 3.31. The lowest BCUT2D eigenvalue weighted by molar-refractivity contribution is -0.116. The van der Waals surface area contributed by atoms with E-state index in [1.807, 2.05) is 97.1 Å². The number of likely N-dealkylation sites (tertiary alicyclic amines) is 1. The maximum absolute atomic E-state index is 14.5. The predicted molar refractivity (Wildman–Crippen MR) is 245 cm³/mol. The summed E-state index contributed by atoms with van der Waals surface area (Å²) < 4.78 is 6.17. The minimum Gasteiger partial charge on any atom is -0.508 e. The molecular weight excluding hydrogens is 797 g/mol. The van der Waals surface area contributed by atoms with Crippen molar-refractivity contribution in [2.45, 2.75) is 31.9 Å². The molecule has 63 heavy (non-hydrogen) atoms. The van der Waals surface area contributed by atoms with Gasteiger partial charge in [-0.25, -0.2) is 9.59 Å². The lowest BCUT2D eigenvalue weighted by Gasteiger charge is -2.36. The van der Waals surface area contributed by atoms with Crippen molar-refractivity contribution in [3.63, 3.8) is 0 Å². The third-order valence-electron chi connectivity index (χ3n) is 10.7. The monoisotopic (exact) mass is 846 g/mol. The molecular formula is C50H50N6O7. The number of phenolic OH excluding ortho intramolecular Hbond substituents is 1. The largest absolute Gasteiger partial charge is 0.508 e. The van der Waals surface area contributed by atoms with Gasteiger partial charge in [0.15, 0.2) is 0 Å². The highest BCUT2D eigenvalue weighted by molar-refractivity contribution is 6.06. The Kier molecular flexibility index (Phi) is 14.8. The van der Waals surface area contributed by atoms with Crippen molar-refractivity contribution in [2.24, 2.45) is 0 Å². The number of amides is 4. The van der Waals surface area contributed by atoms with Gasteiger partial charge >= 0.3 is 12.2 Å². The Morgan fingerprint density at radius 1 is 0.667 bits per heavy atom. The van der Waals surface area contributed by atoms with Crippen molar-refractivity contribution in [1.82, 2.24) is 15.5 Å². The molecule has 5 N–H and O–H groups in total. The van der Waals surface area contributed by atoms with Crippen molar-refractivity contribution in [3.8, 4) is 28.0 Å². The summed E-state index contributed by atoms with van der Waals surface area (Å²) in [7, 11) is 0. The predicted octanol–water partition coefficient (Wildman–Crippen LogP) is 8.78. The van der Waals surface area contributed by atoms with Crippen LogP contribution < -0.4 is 26.0 Å². The van der Waals surface area contributed by atoms with E-state index in [1.54, 1.807) is 60.7 Å². The smallest absolute Gasteiger partial charge is 0.434 e. The highest BCUT2D eigenvalue weighted by Crippen LogP contribution is 2.38. The fourth-order valence-electron chi connectivity index (χ4n) is 7.50. The number of carboxylic acid groups (broad SMARTS) is 1. The van der Waals surface area contributed by atoms with Gasteiger partial charge in [0, 0.05) is 68.1 Å². The standard InChI is InChI=1S/C50H50N6O7/c57-41-24-22-36(23-25-41)35-51-29-30-52-48(59)39-16-11-17-40(34-39)53-47(58)28-33-54-31-26-42(27-32-54)63-50(62)56(46-21-10-8-19-44(46)38-14-5-2-6-15-38)55(49(60)61)45-20-9-7-18-43(45)37-12-3-1-4-13-37/h1-25,34,42,51,57H,26-33,35H2,(H,52,59)(H,53,58)(H,60,61). The number of hydrogen-bond acceptors (Lipinski definition) is 8. The van der Waals surface area contributed by atoms with Crippen LogP contribution in [0.3, 0.4) is 0 Å². The number of para-hydroxylation sites is 2. The van der Waals surface area contributed by atoms with Crippen LogP contribution in [-0.2, 0) is 16.1 Å². The van der Waals surface area contributed by atoms with Gasteiger partial charge in [0.05, 0.1) is 11.4 Å². The van der Waals surface area contributed by atoms with Crippen LogP contribution in [0.1, 0.15) is 35.2 Å². The zero-order valence-electron chi connectivity index (χ0n) is 34.7. The summed E-state index contributed by atoms with van der Waals surface area (Å²) in [6.07, 6.45) is -1.52. The van der Waals surface area contributed by atoms with E-state index < -0.39 is 18.3 Å². The van der Waals surface area contributed by atoms with Gasteiger partial charge in [0.25, 0.3) is 5.91 Å². The third kappa shape index (κ3) is 11.7. The van der Waals surface area contributed by atoms with Crippen LogP contribution in [0.25, 0.3) is 22.3 Å². The number of hydrazine groups is 1. The first-order valence-electron chi connectivity index (χ1n) is 20.9. The zero-order chi connectivity index (χ0) is 44.0. The quantitative estimate of drug-likeness (QED) is 0.0502. The molecule has 1 aliphatic heterocycles. The van der Waals surface area contributed by atoms with Gasteiger partial charge < -0.3 is 35.8 Å². The number of phenols is 1. The first-order valence-corrected chi connectivity index (χ1v) is 20.9. The van der Waals surface area contributed by atoms with Crippen LogP contribution in [0.5, 0.6) is 5.75 Å². The van der Waals surface area contributed by atoms with E-state index in [-0.39, 0.29) is 29.7 Å². The molecule has 1 fully saturated rings. The van der Waals surface area contributed by atoms with Crippen molar-refractivity contribution in [3.05, 3.63) is 169 Å². The molecule has 0 unspecified atom stereocenters. The van der Waals surface area contributed by atoms with Crippen molar-refractivity contribution in [1.29, 1.82) is 0 Å². The van der Waals surface area contributed by atoms with Gasteiger partial charge in [0.1, 0.15) is 11.9 Å². The van der Waals surface area contributed by atoms with E-state index in [4.69, 9.17) is 4.74 Å². The van der Waals surface area contributed by atoms with E-state index in [0.29, 0.717) is 80.2 Å². The summed E-state index contributed by atoms with van der Waals surface area (Å²) in [5, 5.41) is 31.5. The maximum Gasteiger partial charge on any atom is 0.434 e. The summed E-state index contributed by atoms with van der Waals surface area (Å²) in [4.78, 5) is 55.9. The summed E-state index contributed by atoms with van der Waals surface area (Å²) in [5.41, 5.74) is 5.43. The molecule has 0 spiro atoms. The molecule has 4 amide bonds. The van der Waals surface area contributed by atoms with E-state index in [9.17, 15) is 29.4 Å². The molecule has 6 aromatic carbocycles. The second kappa shape index (κ2) is 21.4. The molecule has 1 saturated heterocycles. The van der Waals surface area contributed by atoms with E-state index in [0.717, 1.165) is 26.7 Å². The highest BCUT2D eigenvalue weighted by Gasteiger charge is 2.36. The number of aromatic hydroxyl groups is 1. The molecule has 0 aromatic heterocycles. The number of rotatable bonds is 15. The Hall–Kier alpha value is -7.48. The number of nitrogens with zero attached hydrogens (tertiary/aromatic N) is 3. The fourth-order valence-corrected chi connectivity index (χ4v) is 7.50. The molecule has 322 valence electrons. The molecule has 0 bridgehead atoms. The van der Waals surface area contributed by atoms with Crippen LogP contribution in [0.15, 0.2) is 158 Å². The molecule has 0 aliphatic carbocycles. The first kappa shape index (κ1) is 43.6. The lowest BCUT2D eigenvalue weighted by atomic mass is 10.0. The number of carbonyl (C=O) groups is 4. The average molecular weight is 847 g/mol. The summed E-state index contributed by atoms with van der Waals surface area (Å²) >= 11 is 0. The van der Waals surface area contributed by atoms with Gasteiger partial charge in [-0.05, 0) is 72.0 Å². The van der Waals surface area contributed by atoms with E-state index >= 15 is 0 Å². The van der Waals surface area contributed by atoms with Crippen LogP contribution in [0, 0.1) is 0 Å². The van der Waals surface area contributed by atoms with Crippen LogP contribution in [0.2, 0.25) is 0 Å². The number of nitrogens with one attached hydrogen (secondary N) is 3. The van der Waals surface area contributed by atoms with Crippen molar-refractivity contribution < 1.29 is 34.1 Å². The highest BCUT2D eigenvalue weighted by atomic mass is 16.6. The minimum atomic E-state index is -1.37. The molecule has 0 saturated carbocycles. The number of anilines is 3. The van der Waals surface area contributed by atoms with Gasteiger partial charge in [-0.1, -0.05) is 115 Å². The molecule has 0 radical (unpaired) electrons. The molecule has 13 heteroatoms. The van der Waals surface area contributed by atoms with Gasteiger partial charge in [0.2, 0.25) is 5.91 Å². The third-order valence-corrected chi connectivity index (χ3v) is 10.7. The fraction of sp³-hybridized carbons (Fsp3) is 0.200. The van der Waals surface area contributed by atoms with Gasteiger partial charge in [-0.3, -0.25) is 9.59 Å². The molecule has 1 heterocycles. The second-order valence-corrected chi connectivity index (χ2v) is 15.1. The molecule has 13 nitrogen and oxygen atoms in total. The summed E-state index contributed by atoms with van der Waals surface area (Å²) in [6.45, 7) is 3.16. The number of benzene rings is 6. The van der Waals surface area contributed by atoms with Crippen LogP contribution in [-0.4, -0.2) is 77.9 Å². The number of piperidine rings is 1. The number of ether oxygens (including phenoxy) is 1. The molecule has 1 aliphatic rings. The number of carbonyl (C=O) groups excluding carboxylic acids is 3. The minimum absolute atomic E-state index is 0.197. The Morgan fingerprint density at radius 2 is 1.25 bits per heavy atom. The Labute approximate surface area is 366 Å². The van der Waals surface area contributed by atoms with Crippen molar-refractivity contribution in [2.75, 3.05) is 48.1 Å². The number of hydrogen-bond donors (Lipinski definition) is 5. The topological polar surface area (TPSA) is 164 Å². The van der Waals surface area contributed by atoms with Crippen molar-refractivity contribution >= 4 is 41.1 Å². The van der Waals surface area contributed by atoms with Crippen LogP contribution >= 0.6 is 0 Å². The zero-order valence-corrected chi connectivity index (χ0v) is 34.7. The normalized spacial score (nSPS) is 12.8. The molecule has 0 atom stereocenters. The summed E-state index contributed by atoms with van der Waals surface area (Å²) in [6, 6.07) is 46.8. The Balaban J connectivity index is 0.955. The summed E-state index contributed by atoms with van der Waals surface area (Å²) in [5.74, 6) is -0.238. The molecule has 6 aromatic rings. The lowest BCUT2D eigenvalue weighted by Crippen LogP contribution is -2.52. The molecule has 7 rings (SSSR count). The Morgan fingerprint density at radius 3 is 1.87 bits per heavy atom. The van der Waals surface area contributed by atoms with E-state index in [1.165, 1.54) is 0 Å².